The van der Waals surface area contributed by atoms with Crippen molar-refractivity contribution in [3.63, 3.8) is 0 Å². The molecule has 0 amide bonds. The molecule has 0 N–H and O–H groups in total. The Bertz CT molecular complexity index is 668. The molecule has 2 aromatic rings. The van der Waals surface area contributed by atoms with Crippen LogP contribution >= 0.6 is 15.9 Å². The standard InChI is InChI=1S/C13H9BrN2O/c1-9-5-6-10(8-15)13(17)16(9)12-4-2-3-11(14)7-12/h2-7H,1H3. The van der Waals surface area contributed by atoms with E-state index in [9.17, 15) is 4.79 Å². The van der Waals surface area contributed by atoms with Crippen LogP contribution in [0, 0.1) is 18.3 Å². The van der Waals surface area contributed by atoms with Crippen LogP contribution in [0.5, 0.6) is 0 Å². The van der Waals surface area contributed by atoms with Crippen molar-refractivity contribution in [1.82, 2.24) is 4.57 Å². The highest BCUT2D eigenvalue weighted by molar-refractivity contribution is 9.10. The minimum atomic E-state index is -0.286. The van der Waals surface area contributed by atoms with Gasteiger partial charge < -0.3 is 0 Å². The number of aryl methyl sites for hydroxylation is 1. The summed E-state index contributed by atoms with van der Waals surface area (Å²) in [6.45, 7) is 1.84. The average Bonchev–Trinajstić information content (AvgIpc) is 2.29. The van der Waals surface area contributed by atoms with E-state index in [-0.39, 0.29) is 11.1 Å². The van der Waals surface area contributed by atoms with E-state index < -0.39 is 0 Å². The fraction of sp³-hybridized carbons (Fsp3) is 0.0769. The molecule has 0 radical (unpaired) electrons. The maximum atomic E-state index is 12.1. The van der Waals surface area contributed by atoms with Crippen molar-refractivity contribution in [2.24, 2.45) is 0 Å². The van der Waals surface area contributed by atoms with Crippen molar-refractivity contribution in [2.75, 3.05) is 0 Å². The van der Waals surface area contributed by atoms with E-state index >= 15 is 0 Å². The molecule has 2 rings (SSSR count). The molecule has 0 spiro atoms. The lowest BCUT2D eigenvalue weighted by Gasteiger charge is -2.10. The summed E-state index contributed by atoms with van der Waals surface area (Å²) in [7, 11) is 0. The number of rotatable bonds is 1. The van der Waals surface area contributed by atoms with Crippen molar-refractivity contribution in [2.45, 2.75) is 6.92 Å². The molecule has 84 valence electrons. The average molecular weight is 289 g/mol. The van der Waals surface area contributed by atoms with Crippen LogP contribution in [0.25, 0.3) is 5.69 Å². The second-order valence-electron chi connectivity index (χ2n) is 3.62. The number of hydrogen-bond donors (Lipinski definition) is 0. The predicted octanol–water partition coefficient (Wildman–Crippen LogP) is 2.78. The topological polar surface area (TPSA) is 45.8 Å². The third-order valence-corrected chi connectivity index (χ3v) is 2.96. The zero-order valence-electron chi connectivity index (χ0n) is 9.14. The van der Waals surface area contributed by atoms with Gasteiger partial charge in [-0.15, -0.1) is 0 Å². The summed E-state index contributed by atoms with van der Waals surface area (Å²) in [4.78, 5) is 12.1. The molecular formula is C13H9BrN2O. The molecule has 0 aliphatic rings. The van der Waals surface area contributed by atoms with Crippen molar-refractivity contribution < 1.29 is 0 Å². The minimum Gasteiger partial charge on any atom is -0.280 e. The summed E-state index contributed by atoms with van der Waals surface area (Å²) >= 11 is 3.36. The van der Waals surface area contributed by atoms with Crippen LogP contribution in [-0.4, -0.2) is 4.57 Å². The van der Waals surface area contributed by atoms with Crippen molar-refractivity contribution in [3.8, 4) is 11.8 Å². The first-order chi connectivity index (χ1) is 8.13. The molecule has 1 aromatic heterocycles. The van der Waals surface area contributed by atoms with Gasteiger partial charge in [0.25, 0.3) is 5.56 Å². The van der Waals surface area contributed by atoms with E-state index in [4.69, 9.17) is 5.26 Å². The highest BCUT2D eigenvalue weighted by Crippen LogP contribution is 2.15. The number of aromatic nitrogens is 1. The second kappa shape index (κ2) is 4.56. The molecule has 3 nitrogen and oxygen atoms in total. The van der Waals surface area contributed by atoms with Crippen LogP contribution in [0.15, 0.2) is 45.7 Å². The molecule has 1 aromatic carbocycles. The van der Waals surface area contributed by atoms with Crippen LogP contribution in [0.3, 0.4) is 0 Å². The molecule has 0 fully saturated rings. The van der Waals surface area contributed by atoms with E-state index in [1.54, 1.807) is 12.1 Å². The summed E-state index contributed by atoms with van der Waals surface area (Å²) in [5.74, 6) is 0. The maximum Gasteiger partial charge on any atom is 0.273 e. The van der Waals surface area contributed by atoms with Crippen LogP contribution in [0.1, 0.15) is 11.3 Å². The van der Waals surface area contributed by atoms with Gasteiger partial charge >= 0.3 is 0 Å². The van der Waals surface area contributed by atoms with Gasteiger partial charge in [-0.1, -0.05) is 22.0 Å². The minimum absolute atomic E-state index is 0.149. The Hall–Kier alpha value is -1.86. The first-order valence-electron chi connectivity index (χ1n) is 5.02. The normalized spacial score (nSPS) is 9.94. The number of halogens is 1. The quantitative estimate of drug-likeness (QED) is 0.810. The lowest BCUT2D eigenvalue weighted by Crippen LogP contribution is -2.22. The molecule has 17 heavy (non-hydrogen) atoms. The van der Waals surface area contributed by atoms with E-state index in [0.29, 0.717) is 0 Å². The fourth-order valence-electron chi connectivity index (χ4n) is 1.65. The summed E-state index contributed by atoms with van der Waals surface area (Å²) in [5, 5.41) is 8.86. The number of benzene rings is 1. The van der Waals surface area contributed by atoms with Crippen LogP contribution in [0.2, 0.25) is 0 Å². The van der Waals surface area contributed by atoms with E-state index in [1.807, 2.05) is 37.3 Å². The first-order valence-corrected chi connectivity index (χ1v) is 5.81. The Morgan fingerprint density at radius 3 is 2.71 bits per heavy atom. The molecule has 0 bridgehead atoms. The van der Waals surface area contributed by atoms with Gasteiger partial charge in [0, 0.05) is 10.2 Å². The molecule has 0 saturated carbocycles. The Balaban J connectivity index is 2.76. The third-order valence-electron chi connectivity index (χ3n) is 2.46. The number of nitriles is 1. The Kier molecular flexibility index (Phi) is 3.12. The third kappa shape index (κ3) is 2.15. The van der Waals surface area contributed by atoms with Gasteiger partial charge in [-0.2, -0.15) is 5.26 Å². The molecule has 1 heterocycles. The molecule has 4 heteroatoms. The first kappa shape index (κ1) is 11.6. The molecule has 0 aliphatic carbocycles. The highest BCUT2D eigenvalue weighted by atomic mass is 79.9. The van der Waals surface area contributed by atoms with E-state index in [2.05, 4.69) is 15.9 Å². The van der Waals surface area contributed by atoms with Gasteiger partial charge in [0.1, 0.15) is 11.6 Å². The SMILES string of the molecule is Cc1ccc(C#N)c(=O)n1-c1cccc(Br)c1. The van der Waals surface area contributed by atoms with Crippen LogP contribution in [-0.2, 0) is 0 Å². The van der Waals surface area contributed by atoms with E-state index in [1.165, 1.54) is 4.57 Å². The van der Waals surface area contributed by atoms with Gasteiger partial charge in [-0.3, -0.25) is 9.36 Å². The summed E-state index contributed by atoms with van der Waals surface area (Å²) in [6.07, 6.45) is 0. The van der Waals surface area contributed by atoms with Crippen LogP contribution < -0.4 is 5.56 Å². The zero-order valence-corrected chi connectivity index (χ0v) is 10.7. The Morgan fingerprint density at radius 1 is 1.29 bits per heavy atom. The molecule has 0 atom stereocenters. The summed E-state index contributed by atoms with van der Waals surface area (Å²) < 4.78 is 2.42. The largest absolute Gasteiger partial charge is 0.280 e. The predicted molar refractivity (Wildman–Crippen MR) is 69.2 cm³/mol. The van der Waals surface area contributed by atoms with Gasteiger partial charge in [0.2, 0.25) is 0 Å². The summed E-state index contributed by atoms with van der Waals surface area (Å²) in [5.41, 5.74) is 1.41. The van der Waals surface area contributed by atoms with Gasteiger partial charge in [-0.25, -0.2) is 0 Å². The molecular weight excluding hydrogens is 280 g/mol. The van der Waals surface area contributed by atoms with E-state index in [0.717, 1.165) is 15.9 Å². The lowest BCUT2D eigenvalue weighted by molar-refractivity contribution is 0.927. The second-order valence-corrected chi connectivity index (χ2v) is 4.54. The van der Waals surface area contributed by atoms with Crippen molar-refractivity contribution in [1.29, 1.82) is 5.26 Å². The summed E-state index contributed by atoms with van der Waals surface area (Å²) in [6, 6.07) is 12.6. The molecule has 0 aliphatic heterocycles. The molecule has 0 saturated heterocycles. The Labute approximate surface area is 107 Å². The van der Waals surface area contributed by atoms with Crippen molar-refractivity contribution >= 4 is 15.9 Å². The fourth-order valence-corrected chi connectivity index (χ4v) is 2.04. The van der Waals surface area contributed by atoms with Crippen molar-refractivity contribution in [3.05, 3.63) is 62.5 Å². The molecule has 0 unspecified atom stereocenters. The van der Waals surface area contributed by atoms with Crippen LogP contribution in [0.4, 0.5) is 0 Å². The zero-order chi connectivity index (χ0) is 12.4. The monoisotopic (exact) mass is 288 g/mol. The number of pyridine rings is 1. The highest BCUT2D eigenvalue weighted by Gasteiger charge is 2.07. The van der Waals surface area contributed by atoms with Gasteiger partial charge in [-0.05, 0) is 37.3 Å². The number of hydrogen-bond acceptors (Lipinski definition) is 2. The lowest BCUT2D eigenvalue weighted by atomic mass is 10.2. The smallest absolute Gasteiger partial charge is 0.273 e. The van der Waals surface area contributed by atoms with Gasteiger partial charge in [0.15, 0.2) is 0 Å². The Morgan fingerprint density at radius 2 is 2.06 bits per heavy atom. The van der Waals surface area contributed by atoms with Gasteiger partial charge in [0.05, 0.1) is 5.69 Å². The maximum absolute atomic E-state index is 12.1. The number of nitrogens with zero attached hydrogens (tertiary/aromatic N) is 2.